The van der Waals surface area contributed by atoms with Crippen LogP contribution in [0.3, 0.4) is 0 Å². The highest BCUT2D eigenvalue weighted by atomic mass is 19.1. The minimum Gasteiger partial charge on any atom is -0.508 e. The van der Waals surface area contributed by atoms with Crippen LogP contribution in [-0.2, 0) is 20.8 Å². The fourth-order valence-electron chi connectivity index (χ4n) is 6.61. The fraction of sp³-hybridized carbons (Fsp3) is 0.480. The number of ketones is 2. The Balaban J connectivity index is 1.74. The number of fused-ring (bicyclic) bond motifs is 4. The summed E-state index contributed by atoms with van der Waals surface area (Å²) in [6, 6.07) is -1.58. The Morgan fingerprint density at radius 3 is 2.51 bits per heavy atom. The maximum Gasteiger partial charge on any atom is 0.255 e. The smallest absolute Gasteiger partial charge is 0.255 e. The number of phenols is 1. The zero-order valence-corrected chi connectivity index (χ0v) is 20.6. The average Bonchev–Trinajstić information content (AvgIpc) is 2.84. The molecule has 37 heavy (non-hydrogen) atoms. The van der Waals surface area contributed by atoms with E-state index < -0.39 is 69.6 Å². The van der Waals surface area contributed by atoms with Gasteiger partial charge in [0.05, 0.1) is 17.3 Å². The van der Waals surface area contributed by atoms with Crippen molar-refractivity contribution in [3.8, 4) is 5.75 Å². The van der Waals surface area contributed by atoms with Gasteiger partial charge in [-0.15, -0.1) is 0 Å². The summed E-state index contributed by atoms with van der Waals surface area (Å²) < 4.78 is 16.1. The molecule has 5 rings (SSSR count). The summed E-state index contributed by atoms with van der Waals surface area (Å²) in [6.07, 6.45) is 0.373. The number of carbonyl (C=O) groups is 3. The number of rotatable bonds is 3. The van der Waals surface area contributed by atoms with E-state index in [2.05, 4.69) is 10.6 Å². The third-order valence-electron chi connectivity index (χ3n) is 8.33. The number of primary amides is 1. The molecular weight excluding hydrogens is 487 g/mol. The highest BCUT2D eigenvalue weighted by molar-refractivity contribution is 6.24. The van der Waals surface area contributed by atoms with E-state index in [0.29, 0.717) is 13.0 Å². The molecule has 5 atom stereocenters. The minimum atomic E-state index is -2.74. The molecule has 1 amide bonds. The second kappa shape index (κ2) is 8.27. The van der Waals surface area contributed by atoms with Gasteiger partial charge in [0.15, 0.2) is 11.4 Å². The van der Waals surface area contributed by atoms with E-state index in [9.17, 15) is 34.8 Å². The molecule has 3 aliphatic carbocycles. The zero-order valence-electron chi connectivity index (χ0n) is 20.6. The van der Waals surface area contributed by atoms with E-state index >= 15 is 4.39 Å². The first-order valence-electron chi connectivity index (χ1n) is 12.0. The van der Waals surface area contributed by atoms with Gasteiger partial charge in [0, 0.05) is 35.2 Å². The standard InChI is InChI=1S/C25H29FN4O7/c1-28-17-10-7-8-6-9-13(20(32)18-14(16(9)26)11(30(2)3)4-5-29-18)19(31)12(8)22(34)25(10,37)23(35)15(21(17)33)24(27)36/h8,10-11,17,28-29,31-32,35,37H,4-7H2,1-3H3,(H2,27,36)/t8-,10-,11?,17-,25-/m0/s1. The van der Waals surface area contributed by atoms with Gasteiger partial charge in [-0.05, 0) is 46.3 Å². The van der Waals surface area contributed by atoms with Crippen LogP contribution in [0, 0.1) is 17.7 Å². The lowest BCUT2D eigenvalue weighted by molar-refractivity contribution is -0.150. The van der Waals surface area contributed by atoms with Crippen LogP contribution in [0.4, 0.5) is 10.1 Å². The van der Waals surface area contributed by atoms with Crippen molar-refractivity contribution in [2.75, 3.05) is 33.0 Å². The van der Waals surface area contributed by atoms with Crippen LogP contribution in [0.5, 0.6) is 5.75 Å². The number of hydrogen-bond donors (Lipinski definition) is 7. The van der Waals surface area contributed by atoms with Crippen LogP contribution in [-0.4, -0.2) is 82.1 Å². The van der Waals surface area contributed by atoms with Crippen molar-refractivity contribution in [2.45, 2.75) is 36.9 Å². The fourth-order valence-corrected chi connectivity index (χ4v) is 6.61. The van der Waals surface area contributed by atoms with Crippen molar-refractivity contribution in [3.05, 3.63) is 39.4 Å². The average molecular weight is 517 g/mol. The van der Waals surface area contributed by atoms with Crippen LogP contribution in [0.25, 0.3) is 5.76 Å². The summed E-state index contributed by atoms with van der Waals surface area (Å²) in [6.45, 7) is 0.440. The maximum absolute atomic E-state index is 16.1. The molecule has 1 fully saturated rings. The van der Waals surface area contributed by atoms with E-state index in [1.165, 1.54) is 7.05 Å². The normalized spacial score (nSPS) is 31.0. The zero-order chi connectivity index (χ0) is 27.1. The SMILES string of the molecule is CN[C@@H]1C(=O)C(C(N)=O)=C(O)[C@@]2(O)C(=O)C3=C(O)c4c(O)c5c(c(F)c4C[C@H]3C[C@@H]12)C(N(C)C)CCN5. The van der Waals surface area contributed by atoms with E-state index in [1.54, 1.807) is 14.1 Å². The number of nitrogens with one attached hydrogen (secondary N) is 2. The van der Waals surface area contributed by atoms with Crippen molar-refractivity contribution in [1.29, 1.82) is 0 Å². The minimum absolute atomic E-state index is 0.0250. The van der Waals surface area contributed by atoms with Crippen LogP contribution in [0.1, 0.15) is 35.6 Å². The van der Waals surface area contributed by atoms with Gasteiger partial charge in [0.25, 0.3) is 5.91 Å². The van der Waals surface area contributed by atoms with E-state index in [1.807, 2.05) is 4.90 Å². The van der Waals surface area contributed by atoms with Gasteiger partial charge in [-0.2, -0.15) is 0 Å². The van der Waals surface area contributed by atoms with E-state index in [4.69, 9.17) is 5.73 Å². The number of phenolic OH excluding ortho intramolecular Hbond substituents is 1. The molecule has 1 unspecified atom stereocenters. The predicted molar refractivity (Wildman–Crippen MR) is 129 cm³/mol. The molecule has 1 aliphatic heterocycles. The highest BCUT2D eigenvalue weighted by Gasteiger charge is 2.63. The molecule has 1 saturated carbocycles. The summed E-state index contributed by atoms with van der Waals surface area (Å²) in [5.74, 6) is -8.33. The first kappa shape index (κ1) is 25.2. The number of anilines is 1. The Kier molecular flexibility index (Phi) is 5.63. The monoisotopic (exact) mass is 516 g/mol. The molecule has 8 N–H and O–H groups in total. The molecule has 1 heterocycles. The quantitative estimate of drug-likeness (QED) is 0.216. The van der Waals surface area contributed by atoms with Gasteiger partial charge in [-0.3, -0.25) is 14.4 Å². The number of aliphatic hydroxyl groups is 3. The number of halogens is 1. The van der Waals surface area contributed by atoms with Crippen LogP contribution >= 0.6 is 0 Å². The predicted octanol–water partition coefficient (Wildman–Crippen LogP) is 0.179. The van der Waals surface area contributed by atoms with Gasteiger partial charge in [0.2, 0.25) is 5.78 Å². The first-order chi connectivity index (χ1) is 17.4. The number of amides is 1. The van der Waals surface area contributed by atoms with Gasteiger partial charge in [0.1, 0.15) is 28.7 Å². The first-order valence-corrected chi connectivity index (χ1v) is 12.0. The maximum atomic E-state index is 16.1. The number of hydrogen-bond acceptors (Lipinski definition) is 10. The summed E-state index contributed by atoms with van der Waals surface area (Å²) in [5.41, 5.74) is 1.45. The number of aromatic hydroxyl groups is 1. The van der Waals surface area contributed by atoms with Crippen LogP contribution in [0.15, 0.2) is 16.9 Å². The molecule has 0 aromatic heterocycles. The molecule has 4 aliphatic rings. The molecule has 0 bridgehead atoms. The van der Waals surface area contributed by atoms with Gasteiger partial charge in [-0.1, -0.05) is 0 Å². The Morgan fingerprint density at radius 2 is 1.92 bits per heavy atom. The van der Waals surface area contributed by atoms with E-state index in [-0.39, 0.29) is 46.8 Å². The van der Waals surface area contributed by atoms with E-state index in [0.717, 1.165) is 0 Å². The lowest BCUT2D eigenvalue weighted by Crippen LogP contribution is -2.65. The number of nitrogens with zero attached hydrogens (tertiary/aromatic N) is 1. The molecular formula is C25H29FN4O7. The van der Waals surface area contributed by atoms with Crippen molar-refractivity contribution in [3.63, 3.8) is 0 Å². The number of aliphatic hydroxyl groups excluding tert-OH is 2. The summed E-state index contributed by atoms with van der Waals surface area (Å²) in [5, 5.41) is 50.4. The molecule has 1 aromatic rings. The highest BCUT2D eigenvalue weighted by Crippen LogP contribution is 2.55. The molecule has 198 valence electrons. The molecule has 11 nitrogen and oxygen atoms in total. The molecule has 0 radical (unpaired) electrons. The third kappa shape index (κ3) is 3.12. The number of nitrogens with two attached hydrogens (primary N) is 1. The number of carbonyl (C=O) groups excluding carboxylic acids is 3. The number of likely N-dealkylation sites (N-methyl/N-ethyl adjacent to an activating group) is 1. The van der Waals surface area contributed by atoms with Crippen molar-refractivity contribution in [2.24, 2.45) is 17.6 Å². The van der Waals surface area contributed by atoms with Crippen molar-refractivity contribution >= 4 is 28.9 Å². The Bertz CT molecular complexity index is 1340. The molecule has 12 heteroatoms. The van der Waals surface area contributed by atoms with Crippen molar-refractivity contribution < 1.29 is 39.2 Å². The van der Waals surface area contributed by atoms with Gasteiger partial charge < -0.3 is 41.7 Å². The summed E-state index contributed by atoms with van der Waals surface area (Å²) >= 11 is 0. The topological polar surface area (TPSA) is 185 Å². The summed E-state index contributed by atoms with van der Waals surface area (Å²) in [7, 11) is 4.99. The van der Waals surface area contributed by atoms with Crippen LogP contribution in [0.2, 0.25) is 0 Å². The lowest BCUT2D eigenvalue weighted by atomic mass is 9.57. The molecule has 0 saturated heterocycles. The second-order valence-electron chi connectivity index (χ2n) is 10.3. The van der Waals surface area contributed by atoms with Crippen molar-refractivity contribution in [1.82, 2.24) is 10.2 Å². The van der Waals surface area contributed by atoms with Gasteiger partial charge in [-0.25, -0.2) is 4.39 Å². The second-order valence-corrected chi connectivity index (χ2v) is 10.3. The van der Waals surface area contributed by atoms with Gasteiger partial charge >= 0.3 is 0 Å². The number of benzene rings is 1. The Hall–Kier alpha value is -3.48. The lowest BCUT2D eigenvalue weighted by Gasteiger charge is -2.49. The molecule has 0 spiro atoms. The third-order valence-corrected chi connectivity index (χ3v) is 8.33. The summed E-state index contributed by atoms with van der Waals surface area (Å²) in [4.78, 5) is 40.5. The van der Waals surface area contributed by atoms with Crippen LogP contribution < -0.4 is 16.4 Å². The Labute approximate surface area is 211 Å². The molecule has 1 aromatic carbocycles. The Morgan fingerprint density at radius 1 is 1.24 bits per heavy atom. The number of Topliss-reactive ketones (excluding diaryl/α,β-unsaturated/α-hetero) is 2. The largest absolute Gasteiger partial charge is 0.508 e.